The monoisotopic (exact) mass is 286 g/mol. The maximum atomic E-state index is 3.96. The topological polar surface area (TPSA) is 0 Å². The summed E-state index contributed by atoms with van der Waals surface area (Å²) in [5.41, 5.74) is 4.01. The summed E-state index contributed by atoms with van der Waals surface area (Å²) in [5, 5.41) is 0. The first-order chi connectivity index (χ1) is 9.92. The molecule has 0 aliphatic heterocycles. The van der Waals surface area contributed by atoms with Gasteiger partial charge in [-0.3, -0.25) is 0 Å². The van der Waals surface area contributed by atoms with E-state index in [9.17, 15) is 0 Å². The molecule has 0 saturated heterocycles. The molecule has 0 atom stereocenters. The van der Waals surface area contributed by atoms with Gasteiger partial charge in [0.25, 0.3) is 0 Å². The zero-order valence-corrected chi connectivity index (χ0v) is 14.8. The van der Waals surface area contributed by atoms with Crippen LogP contribution in [0.1, 0.15) is 47.5 Å². The molecule has 0 aliphatic rings. The summed E-state index contributed by atoms with van der Waals surface area (Å²) >= 11 is 0. The van der Waals surface area contributed by atoms with Crippen molar-refractivity contribution in [2.45, 2.75) is 47.5 Å². The minimum Gasteiger partial charge on any atom is -0.103 e. The highest BCUT2D eigenvalue weighted by Crippen LogP contribution is 2.12. The molecule has 0 rings (SSSR count). The van der Waals surface area contributed by atoms with Gasteiger partial charge in [0.15, 0.2) is 0 Å². The van der Waals surface area contributed by atoms with E-state index in [4.69, 9.17) is 0 Å². The Hall–Kier alpha value is -1.82. The van der Waals surface area contributed by atoms with Gasteiger partial charge in [-0.25, -0.2) is 0 Å². The molecule has 0 aromatic heterocycles. The molecule has 0 heterocycles. The molecule has 0 radical (unpaired) electrons. The molecule has 0 amide bonds. The van der Waals surface area contributed by atoms with Crippen molar-refractivity contribution in [3.63, 3.8) is 0 Å². The predicted molar refractivity (Wildman–Crippen MR) is 103 cm³/mol. The van der Waals surface area contributed by atoms with Gasteiger partial charge in [0.1, 0.15) is 0 Å². The Kier molecular flexibility index (Phi) is 21.0. The second kappa shape index (κ2) is 18.2. The van der Waals surface area contributed by atoms with E-state index in [2.05, 4.69) is 46.7 Å². The summed E-state index contributed by atoms with van der Waals surface area (Å²) in [6, 6.07) is 0. The summed E-state index contributed by atoms with van der Waals surface area (Å²) < 4.78 is 0. The van der Waals surface area contributed by atoms with Crippen LogP contribution in [0.2, 0.25) is 0 Å². The maximum absolute atomic E-state index is 3.96. The highest BCUT2D eigenvalue weighted by Gasteiger charge is 1.92. The van der Waals surface area contributed by atoms with Gasteiger partial charge in [-0.2, -0.15) is 0 Å². The summed E-state index contributed by atoms with van der Waals surface area (Å²) in [4.78, 5) is 0. The summed E-state index contributed by atoms with van der Waals surface area (Å²) in [5.74, 6) is 0. The first kappa shape index (κ1) is 24.2. The molecule has 0 fully saturated rings. The zero-order valence-electron chi connectivity index (χ0n) is 14.8. The third kappa shape index (κ3) is 18.2. The summed E-state index contributed by atoms with van der Waals surface area (Å²) in [6.45, 7) is 29.1. The van der Waals surface area contributed by atoms with Crippen LogP contribution < -0.4 is 0 Å². The molecule has 0 aromatic carbocycles. The lowest BCUT2D eigenvalue weighted by Crippen LogP contribution is -1.80. The average molecular weight is 287 g/mol. The fourth-order valence-electron chi connectivity index (χ4n) is 0.887. The zero-order chi connectivity index (χ0) is 17.3. The molecule has 0 nitrogen and oxygen atoms in total. The summed E-state index contributed by atoms with van der Waals surface area (Å²) in [6.07, 6.45) is 11.5. The van der Waals surface area contributed by atoms with Gasteiger partial charge in [0, 0.05) is 0 Å². The van der Waals surface area contributed by atoms with Gasteiger partial charge in [-0.15, -0.1) is 6.58 Å². The van der Waals surface area contributed by atoms with Gasteiger partial charge in [0.05, 0.1) is 0 Å². The molecule has 0 N–H and O–H groups in total. The van der Waals surface area contributed by atoms with Gasteiger partial charge < -0.3 is 0 Å². The Balaban J connectivity index is -0.000000569. The van der Waals surface area contributed by atoms with Crippen LogP contribution in [0.15, 0.2) is 85.6 Å². The SMILES string of the molecule is C=C(/C=C\C(=C)C(=C)/C=C\C(=C)CC)CC.C=CC.CC. The van der Waals surface area contributed by atoms with Crippen molar-refractivity contribution in [1.29, 1.82) is 0 Å². The van der Waals surface area contributed by atoms with E-state index in [1.165, 1.54) is 0 Å². The van der Waals surface area contributed by atoms with Crippen molar-refractivity contribution < 1.29 is 0 Å². The first-order valence-electron chi connectivity index (χ1n) is 7.59. The van der Waals surface area contributed by atoms with Crippen molar-refractivity contribution in [2.75, 3.05) is 0 Å². The molecule has 0 heteroatoms. The van der Waals surface area contributed by atoms with Crippen LogP contribution in [0.4, 0.5) is 0 Å². The lowest BCUT2D eigenvalue weighted by Gasteiger charge is -2.00. The minimum atomic E-state index is 0.912. The third-order valence-electron chi connectivity index (χ3n) is 2.36. The first-order valence-corrected chi connectivity index (χ1v) is 7.59. The molecule has 0 saturated carbocycles. The second-order valence-electron chi connectivity index (χ2n) is 4.15. The van der Waals surface area contributed by atoms with Gasteiger partial charge >= 0.3 is 0 Å². The van der Waals surface area contributed by atoms with Crippen LogP contribution >= 0.6 is 0 Å². The highest BCUT2D eigenvalue weighted by atomic mass is 14.0. The van der Waals surface area contributed by atoms with Gasteiger partial charge in [-0.1, -0.05) is 95.5 Å². The minimum absolute atomic E-state index is 0.912. The van der Waals surface area contributed by atoms with Crippen LogP contribution in [0.3, 0.4) is 0 Å². The van der Waals surface area contributed by atoms with E-state index in [0.717, 1.165) is 35.1 Å². The lowest BCUT2D eigenvalue weighted by molar-refractivity contribution is 1.16. The Morgan fingerprint density at radius 1 is 0.714 bits per heavy atom. The molecule has 0 aromatic rings. The van der Waals surface area contributed by atoms with Crippen LogP contribution in [-0.2, 0) is 0 Å². The quantitative estimate of drug-likeness (QED) is 0.338. The fraction of sp³-hybridized carbons (Fsp3) is 0.333. The molecular formula is C21H34. The Morgan fingerprint density at radius 3 is 1.14 bits per heavy atom. The Bertz CT molecular complexity index is 350. The Morgan fingerprint density at radius 2 is 0.952 bits per heavy atom. The molecular weight excluding hydrogens is 252 g/mol. The van der Waals surface area contributed by atoms with Crippen molar-refractivity contribution in [1.82, 2.24) is 0 Å². The van der Waals surface area contributed by atoms with E-state index in [0.29, 0.717) is 0 Å². The van der Waals surface area contributed by atoms with Gasteiger partial charge in [0.2, 0.25) is 0 Å². The van der Waals surface area contributed by atoms with E-state index in [1.54, 1.807) is 6.08 Å². The largest absolute Gasteiger partial charge is 0.103 e. The van der Waals surface area contributed by atoms with E-state index >= 15 is 0 Å². The molecule has 0 unspecified atom stereocenters. The van der Waals surface area contributed by atoms with Crippen LogP contribution in [0.5, 0.6) is 0 Å². The predicted octanol–water partition coefficient (Wildman–Crippen LogP) is 7.36. The molecule has 0 spiro atoms. The number of hydrogen-bond acceptors (Lipinski definition) is 0. The third-order valence-corrected chi connectivity index (χ3v) is 2.36. The van der Waals surface area contributed by atoms with E-state index in [-0.39, 0.29) is 0 Å². The van der Waals surface area contributed by atoms with Crippen molar-refractivity contribution in [3.05, 3.63) is 85.6 Å². The number of hydrogen-bond donors (Lipinski definition) is 0. The standard InChI is InChI=1S/C16H22.C3H6.C2H6/c1-7-13(3)9-11-15(5)16(6)12-10-14(4)8-2;1-3-2;1-2/h9-12H,3-8H2,1-2H3;3H,1H2,2H3;1-2H3/b11-9-,12-10-;;. The van der Waals surface area contributed by atoms with Crippen molar-refractivity contribution >= 4 is 0 Å². The fourth-order valence-corrected chi connectivity index (χ4v) is 0.887. The normalized spacial score (nSPS) is 9.19. The van der Waals surface area contributed by atoms with Gasteiger partial charge in [-0.05, 0) is 30.9 Å². The lowest BCUT2D eigenvalue weighted by atomic mass is 10.1. The maximum Gasteiger partial charge on any atom is -0.0262 e. The number of rotatable bonds is 7. The van der Waals surface area contributed by atoms with E-state index in [1.807, 2.05) is 45.1 Å². The molecule has 21 heavy (non-hydrogen) atoms. The number of allylic oxidation sites excluding steroid dienone is 9. The summed E-state index contributed by atoms with van der Waals surface area (Å²) in [7, 11) is 0. The molecule has 0 bridgehead atoms. The Labute approximate surface area is 133 Å². The van der Waals surface area contributed by atoms with Crippen LogP contribution in [0, 0.1) is 0 Å². The second-order valence-corrected chi connectivity index (χ2v) is 4.15. The van der Waals surface area contributed by atoms with Crippen molar-refractivity contribution in [2.24, 2.45) is 0 Å². The highest BCUT2D eigenvalue weighted by molar-refractivity contribution is 5.45. The van der Waals surface area contributed by atoms with Crippen LogP contribution in [0.25, 0.3) is 0 Å². The molecule has 0 aliphatic carbocycles. The van der Waals surface area contributed by atoms with Crippen LogP contribution in [-0.4, -0.2) is 0 Å². The smallest absolute Gasteiger partial charge is 0.0262 e. The van der Waals surface area contributed by atoms with E-state index < -0.39 is 0 Å². The molecule has 118 valence electrons. The average Bonchev–Trinajstić information content (AvgIpc) is 2.51. The van der Waals surface area contributed by atoms with Crippen molar-refractivity contribution in [3.8, 4) is 0 Å².